The van der Waals surface area contributed by atoms with Crippen molar-refractivity contribution in [1.82, 2.24) is 9.55 Å². The van der Waals surface area contributed by atoms with Crippen molar-refractivity contribution in [3.63, 3.8) is 0 Å². The molecule has 0 radical (unpaired) electrons. The first-order valence-corrected chi connectivity index (χ1v) is 11.2. The van der Waals surface area contributed by atoms with Crippen LogP contribution >= 0.6 is 0 Å². The third kappa shape index (κ3) is 4.30. The van der Waals surface area contributed by atoms with E-state index < -0.39 is 37.0 Å². The molecule has 0 spiro atoms. The summed E-state index contributed by atoms with van der Waals surface area (Å²) in [6.07, 6.45) is -5.28. The van der Waals surface area contributed by atoms with Gasteiger partial charge in [-0.3, -0.25) is 0 Å². The Balaban J connectivity index is 1.43. The summed E-state index contributed by atoms with van der Waals surface area (Å²) in [7, 11) is 0. The van der Waals surface area contributed by atoms with Crippen LogP contribution in [0.15, 0.2) is 79.1 Å². The zero-order valence-electron chi connectivity index (χ0n) is 18.7. The molecule has 2 heterocycles. The molecule has 9 nitrogen and oxygen atoms in total. The van der Waals surface area contributed by atoms with Crippen molar-refractivity contribution >= 4 is 11.0 Å². The molecule has 5 rings (SSSR count). The third-order valence-corrected chi connectivity index (χ3v) is 6.25. The van der Waals surface area contributed by atoms with Crippen molar-refractivity contribution in [2.24, 2.45) is 0 Å². The van der Waals surface area contributed by atoms with Crippen LogP contribution in [0.5, 0.6) is 5.75 Å². The zero-order chi connectivity index (χ0) is 24.6. The highest BCUT2D eigenvalue weighted by Gasteiger charge is 2.57. The lowest BCUT2D eigenvalue weighted by Crippen LogP contribution is -2.69. The third-order valence-electron chi connectivity index (χ3n) is 6.25. The maximum atomic E-state index is 10.9. The van der Waals surface area contributed by atoms with Crippen LogP contribution < -0.4 is 4.74 Å². The minimum absolute atomic E-state index is 0.125. The maximum absolute atomic E-state index is 10.9. The summed E-state index contributed by atoms with van der Waals surface area (Å²) in [5.74, 6) is -2.55. The summed E-state index contributed by atoms with van der Waals surface area (Å²) in [4.78, 5) is 4.40. The van der Waals surface area contributed by atoms with Gasteiger partial charge >= 0.3 is 0 Å². The molecule has 9 heteroatoms. The SMILES string of the molecule is OC[C@H]1O[C@H](O)[C@@](O)(Oc2cccc3ncn(Cc4ccc(-c5ccccc5)cc4)c23)[C@@H](O)[C@@H]1O. The second kappa shape index (κ2) is 9.38. The van der Waals surface area contributed by atoms with Crippen molar-refractivity contribution in [3.8, 4) is 16.9 Å². The first kappa shape index (κ1) is 23.4. The Morgan fingerprint density at radius 3 is 2.34 bits per heavy atom. The van der Waals surface area contributed by atoms with Gasteiger partial charge < -0.3 is 39.6 Å². The van der Waals surface area contributed by atoms with Gasteiger partial charge in [-0.15, -0.1) is 0 Å². The fourth-order valence-electron chi connectivity index (χ4n) is 4.30. The number of rotatable bonds is 6. The van der Waals surface area contributed by atoms with E-state index in [4.69, 9.17) is 9.47 Å². The fraction of sp³-hybridized carbons (Fsp3) is 0.269. The summed E-state index contributed by atoms with van der Waals surface area (Å²) in [5, 5.41) is 51.2. The Labute approximate surface area is 201 Å². The molecule has 5 atom stereocenters. The highest BCUT2D eigenvalue weighted by atomic mass is 16.7. The van der Waals surface area contributed by atoms with E-state index in [1.54, 1.807) is 24.5 Å². The molecule has 1 aliphatic rings. The van der Waals surface area contributed by atoms with Gasteiger partial charge in [-0.05, 0) is 28.8 Å². The van der Waals surface area contributed by atoms with Crippen molar-refractivity contribution in [3.05, 3.63) is 84.7 Å². The smallest absolute Gasteiger partial charge is 0.288 e. The number of aliphatic hydroxyl groups is 5. The molecule has 182 valence electrons. The van der Waals surface area contributed by atoms with Crippen LogP contribution in [0, 0.1) is 0 Å². The maximum Gasteiger partial charge on any atom is 0.288 e. The van der Waals surface area contributed by atoms with Crippen LogP contribution in [0.2, 0.25) is 0 Å². The van der Waals surface area contributed by atoms with Gasteiger partial charge in [0.05, 0.1) is 18.5 Å². The highest BCUT2D eigenvalue weighted by Crippen LogP contribution is 2.35. The normalized spacial score (nSPS) is 26.7. The van der Waals surface area contributed by atoms with Gasteiger partial charge in [0.2, 0.25) is 6.29 Å². The predicted molar refractivity (Wildman–Crippen MR) is 126 cm³/mol. The molecule has 1 fully saturated rings. The van der Waals surface area contributed by atoms with Gasteiger partial charge in [-0.1, -0.05) is 60.7 Å². The number of imidazole rings is 1. The predicted octanol–water partition coefficient (Wildman–Crippen LogP) is 1.25. The van der Waals surface area contributed by atoms with Crippen LogP contribution in [0.25, 0.3) is 22.2 Å². The lowest BCUT2D eigenvalue weighted by Gasteiger charge is -2.45. The first-order chi connectivity index (χ1) is 16.9. The van der Waals surface area contributed by atoms with E-state index in [1.807, 2.05) is 59.2 Å². The van der Waals surface area contributed by atoms with Crippen molar-refractivity contribution in [2.75, 3.05) is 6.61 Å². The fourth-order valence-corrected chi connectivity index (χ4v) is 4.30. The molecule has 1 saturated heterocycles. The molecule has 0 amide bonds. The Morgan fingerprint density at radius 1 is 0.914 bits per heavy atom. The van der Waals surface area contributed by atoms with E-state index in [0.29, 0.717) is 17.6 Å². The molecule has 1 aromatic heterocycles. The lowest BCUT2D eigenvalue weighted by atomic mass is 9.96. The average molecular weight is 479 g/mol. The molecule has 0 saturated carbocycles. The van der Waals surface area contributed by atoms with Gasteiger partial charge in [0.1, 0.15) is 23.5 Å². The molecule has 0 unspecified atom stereocenters. The monoisotopic (exact) mass is 478 g/mol. The number of hydrogen-bond donors (Lipinski definition) is 5. The van der Waals surface area contributed by atoms with Gasteiger partial charge in [-0.2, -0.15) is 0 Å². The number of fused-ring (bicyclic) bond motifs is 1. The van der Waals surface area contributed by atoms with Crippen molar-refractivity contribution in [2.45, 2.75) is 36.9 Å². The van der Waals surface area contributed by atoms with Crippen molar-refractivity contribution in [1.29, 1.82) is 0 Å². The molecular weight excluding hydrogens is 452 g/mol. The zero-order valence-corrected chi connectivity index (χ0v) is 18.7. The number of para-hydroxylation sites is 1. The molecule has 4 aromatic rings. The van der Waals surface area contributed by atoms with E-state index in [9.17, 15) is 25.5 Å². The highest BCUT2D eigenvalue weighted by molar-refractivity contribution is 5.82. The van der Waals surface area contributed by atoms with E-state index >= 15 is 0 Å². The lowest BCUT2D eigenvalue weighted by molar-refractivity contribution is -0.385. The van der Waals surface area contributed by atoms with E-state index in [-0.39, 0.29) is 5.75 Å². The second-order valence-corrected chi connectivity index (χ2v) is 8.56. The Hall–Kier alpha value is -3.31. The molecule has 35 heavy (non-hydrogen) atoms. The van der Waals surface area contributed by atoms with Crippen LogP contribution in [0.3, 0.4) is 0 Å². The molecule has 5 N–H and O–H groups in total. The van der Waals surface area contributed by atoms with E-state index in [1.165, 1.54) is 0 Å². The number of benzene rings is 3. The first-order valence-electron chi connectivity index (χ1n) is 11.2. The van der Waals surface area contributed by atoms with Gasteiger partial charge in [0.15, 0.2) is 6.10 Å². The number of ether oxygens (including phenoxy) is 2. The summed E-state index contributed by atoms with van der Waals surface area (Å²) < 4.78 is 12.6. The number of nitrogens with zero attached hydrogens (tertiary/aromatic N) is 2. The standard InChI is InChI=1S/C26H26N2O7/c29-14-21-23(30)24(31)26(33,25(32)34-21)35-20-8-4-7-19-22(20)28(15-27-19)13-16-9-11-18(12-10-16)17-5-2-1-3-6-17/h1-12,15,21,23-25,29-33H,13-14H2/t21-,23-,24+,25+,26+/m1/s1. The summed E-state index contributed by atoms with van der Waals surface area (Å²) in [6.45, 7) is -0.210. The van der Waals surface area contributed by atoms with Crippen LogP contribution in [0.1, 0.15) is 5.56 Å². The van der Waals surface area contributed by atoms with E-state index in [0.717, 1.165) is 16.7 Å². The number of aliphatic hydroxyl groups excluding tert-OH is 4. The van der Waals surface area contributed by atoms with Crippen LogP contribution in [-0.2, 0) is 11.3 Å². The Kier molecular flexibility index (Phi) is 6.28. The second-order valence-electron chi connectivity index (χ2n) is 8.56. The molecule has 1 aliphatic heterocycles. The van der Waals surface area contributed by atoms with Gasteiger partial charge in [-0.25, -0.2) is 4.98 Å². The minimum atomic E-state index is -2.67. The molecule has 0 aliphatic carbocycles. The topological polar surface area (TPSA) is 137 Å². The number of aromatic nitrogens is 2. The van der Waals surface area contributed by atoms with Crippen LogP contribution in [-0.4, -0.2) is 72.1 Å². The molecular formula is C26H26N2O7. The Bertz CT molecular complexity index is 1290. The average Bonchev–Trinajstić information content (AvgIpc) is 3.30. The summed E-state index contributed by atoms with van der Waals surface area (Å²) in [5.41, 5.74) is 4.30. The van der Waals surface area contributed by atoms with E-state index in [2.05, 4.69) is 4.98 Å². The van der Waals surface area contributed by atoms with Gasteiger partial charge in [0, 0.05) is 6.54 Å². The van der Waals surface area contributed by atoms with Crippen molar-refractivity contribution < 1.29 is 35.0 Å². The minimum Gasteiger partial charge on any atom is -0.452 e. The quantitative estimate of drug-likeness (QED) is 0.261. The van der Waals surface area contributed by atoms with Gasteiger partial charge in [0.25, 0.3) is 5.79 Å². The Morgan fingerprint density at radius 2 is 1.63 bits per heavy atom. The number of hydrogen-bond acceptors (Lipinski definition) is 8. The largest absolute Gasteiger partial charge is 0.452 e. The summed E-state index contributed by atoms with van der Waals surface area (Å²) in [6, 6.07) is 23.1. The summed E-state index contributed by atoms with van der Waals surface area (Å²) >= 11 is 0. The molecule has 3 aromatic carbocycles. The van der Waals surface area contributed by atoms with Crippen LogP contribution in [0.4, 0.5) is 0 Å². The molecule has 0 bridgehead atoms.